The Morgan fingerprint density at radius 2 is 1.74 bits per heavy atom. The molecule has 0 unspecified atom stereocenters. The minimum absolute atomic E-state index is 0.194. The summed E-state index contributed by atoms with van der Waals surface area (Å²) in [6.07, 6.45) is 5.00. The zero-order valence-electron chi connectivity index (χ0n) is 11.5. The average Bonchev–Trinajstić information content (AvgIpc) is 2.46. The van der Waals surface area contributed by atoms with Gasteiger partial charge in [0.05, 0.1) is 4.99 Å². The normalized spacial score (nSPS) is 15.3. The van der Waals surface area contributed by atoms with Gasteiger partial charge in [-0.05, 0) is 26.2 Å². The molecule has 0 spiro atoms. The fraction of sp³-hybridized carbons (Fsp3) is 0.500. The van der Waals surface area contributed by atoms with Crippen LogP contribution in [0.15, 0.2) is 24.3 Å². The molecule has 1 aliphatic heterocycles. The lowest BCUT2D eigenvalue weighted by molar-refractivity contribution is 0.0984. The minimum atomic E-state index is 0.194. The van der Waals surface area contributed by atoms with Crippen LogP contribution in [0, 0.1) is 6.92 Å². The number of benzene rings is 1. The number of piperidine rings is 1. The van der Waals surface area contributed by atoms with Crippen LogP contribution in [0.5, 0.6) is 0 Å². The summed E-state index contributed by atoms with van der Waals surface area (Å²) in [5.41, 5.74) is 1.98. The number of hydrogen-bond donors (Lipinski definition) is 0. The Morgan fingerprint density at radius 3 is 2.37 bits per heavy atom. The summed E-state index contributed by atoms with van der Waals surface area (Å²) in [5, 5.41) is 0. The predicted octanol–water partition coefficient (Wildman–Crippen LogP) is 3.77. The molecule has 1 aromatic rings. The van der Waals surface area contributed by atoms with Crippen molar-refractivity contribution in [3.05, 3.63) is 35.4 Å². The fourth-order valence-corrected chi connectivity index (χ4v) is 2.69. The van der Waals surface area contributed by atoms with Crippen molar-refractivity contribution in [3.63, 3.8) is 0 Å². The molecule has 2 nitrogen and oxygen atoms in total. The third-order valence-electron chi connectivity index (χ3n) is 3.65. The van der Waals surface area contributed by atoms with Gasteiger partial charge in [0, 0.05) is 31.5 Å². The van der Waals surface area contributed by atoms with E-state index in [4.69, 9.17) is 12.2 Å². The monoisotopic (exact) mass is 275 g/mol. The van der Waals surface area contributed by atoms with Crippen molar-refractivity contribution in [3.8, 4) is 0 Å². The fourth-order valence-electron chi connectivity index (χ4n) is 2.41. The van der Waals surface area contributed by atoms with Crippen LogP contribution in [0.1, 0.15) is 48.0 Å². The number of nitrogens with zero attached hydrogens (tertiary/aromatic N) is 1. The molecule has 19 heavy (non-hydrogen) atoms. The summed E-state index contributed by atoms with van der Waals surface area (Å²) in [6, 6.07) is 7.77. The van der Waals surface area contributed by atoms with Crippen molar-refractivity contribution < 1.29 is 4.79 Å². The number of thiocarbonyl (C=S) groups is 1. The van der Waals surface area contributed by atoms with Crippen LogP contribution in [0.25, 0.3) is 0 Å². The van der Waals surface area contributed by atoms with E-state index < -0.39 is 0 Å². The predicted molar refractivity (Wildman–Crippen MR) is 82.8 cm³/mol. The molecule has 0 radical (unpaired) electrons. The van der Waals surface area contributed by atoms with Crippen LogP contribution in [-0.4, -0.2) is 28.8 Å². The van der Waals surface area contributed by atoms with Gasteiger partial charge in [0.15, 0.2) is 5.78 Å². The topological polar surface area (TPSA) is 20.3 Å². The van der Waals surface area contributed by atoms with Crippen molar-refractivity contribution in [2.45, 2.75) is 39.0 Å². The highest BCUT2D eigenvalue weighted by atomic mass is 32.1. The molecule has 0 amide bonds. The molecule has 2 rings (SSSR count). The minimum Gasteiger partial charge on any atom is -0.366 e. The largest absolute Gasteiger partial charge is 0.366 e. The van der Waals surface area contributed by atoms with E-state index in [2.05, 4.69) is 4.90 Å². The van der Waals surface area contributed by atoms with E-state index in [-0.39, 0.29) is 5.78 Å². The van der Waals surface area contributed by atoms with Crippen molar-refractivity contribution in [2.24, 2.45) is 0 Å². The molecule has 1 aliphatic rings. The number of ketones is 1. The SMILES string of the molecule is Cc1ccc(C(=O)CCC(=S)N2CCCCC2)cc1. The highest BCUT2D eigenvalue weighted by Gasteiger charge is 2.14. The van der Waals surface area contributed by atoms with E-state index in [1.807, 2.05) is 31.2 Å². The van der Waals surface area contributed by atoms with Crippen molar-refractivity contribution in [2.75, 3.05) is 13.1 Å². The van der Waals surface area contributed by atoms with Gasteiger partial charge in [-0.25, -0.2) is 0 Å². The molecule has 1 aromatic carbocycles. The number of carbonyl (C=O) groups excluding carboxylic acids is 1. The zero-order chi connectivity index (χ0) is 13.7. The van der Waals surface area contributed by atoms with Gasteiger partial charge in [0.2, 0.25) is 0 Å². The summed E-state index contributed by atoms with van der Waals surface area (Å²) >= 11 is 5.44. The van der Waals surface area contributed by atoms with Crippen LogP contribution in [0.3, 0.4) is 0 Å². The summed E-state index contributed by atoms with van der Waals surface area (Å²) < 4.78 is 0. The Bertz CT molecular complexity index is 446. The highest BCUT2D eigenvalue weighted by Crippen LogP contribution is 2.13. The lowest BCUT2D eigenvalue weighted by Gasteiger charge is -2.29. The summed E-state index contributed by atoms with van der Waals surface area (Å²) in [7, 11) is 0. The Labute approximate surface area is 120 Å². The summed E-state index contributed by atoms with van der Waals surface area (Å²) in [6.45, 7) is 4.16. The summed E-state index contributed by atoms with van der Waals surface area (Å²) in [4.78, 5) is 15.3. The van der Waals surface area contributed by atoms with Gasteiger partial charge < -0.3 is 4.90 Å². The quantitative estimate of drug-likeness (QED) is 0.616. The second-order valence-corrected chi connectivity index (χ2v) is 5.70. The maximum Gasteiger partial charge on any atom is 0.163 e. The molecule has 1 fully saturated rings. The first-order valence-electron chi connectivity index (χ1n) is 7.04. The maximum atomic E-state index is 12.1. The molecule has 1 saturated heterocycles. The van der Waals surface area contributed by atoms with Crippen LogP contribution in [0.4, 0.5) is 0 Å². The first kappa shape index (κ1) is 14.2. The Hall–Kier alpha value is -1.22. The Kier molecular flexibility index (Phi) is 5.08. The number of aryl methyl sites for hydroxylation is 1. The van der Waals surface area contributed by atoms with Gasteiger partial charge in [-0.15, -0.1) is 0 Å². The molecule has 102 valence electrons. The molecule has 0 bridgehead atoms. The lowest BCUT2D eigenvalue weighted by atomic mass is 10.0. The second kappa shape index (κ2) is 6.80. The van der Waals surface area contributed by atoms with Crippen LogP contribution in [0.2, 0.25) is 0 Å². The molecular formula is C16H21NOS. The smallest absolute Gasteiger partial charge is 0.163 e. The van der Waals surface area contributed by atoms with Crippen LogP contribution >= 0.6 is 12.2 Å². The first-order chi connectivity index (χ1) is 9.16. The first-order valence-corrected chi connectivity index (χ1v) is 7.45. The average molecular weight is 275 g/mol. The lowest BCUT2D eigenvalue weighted by Crippen LogP contribution is -2.34. The van der Waals surface area contributed by atoms with Gasteiger partial charge in [-0.2, -0.15) is 0 Å². The number of Topliss-reactive ketones (excluding diaryl/α,β-unsaturated/α-hetero) is 1. The van der Waals surface area contributed by atoms with Crippen LogP contribution < -0.4 is 0 Å². The molecule has 0 atom stereocenters. The number of rotatable bonds is 4. The molecule has 1 heterocycles. The summed E-state index contributed by atoms with van der Waals surface area (Å²) in [5.74, 6) is 0.194. The van der Waals surface area contributed by atoms with E-state index in [1.54, 1.807) is 0 Å². The van der Waals surface area contributed by atoms with Gasteiger partial charge in [0.1, 0.15) is 0 Å². The van der Waals surface area contributed by atoms with Crippen molar-refractivity contribution in [1.82, 2.24) is 4.90 Å². The van der Waals surface area contributed by atoms with E-state index in [1.165, 1.54) is 24.8 Å². The third-order valence-corrected chi connectivity index (χ3v) is 4.11. The molecule has 0 aromatic heterocycles. The van der Waals surface area contributed by atoms with Gasteiger partial charge in [-0.1, -0.05) is 42.0 Å². The zero-order valence-corrected chi connectivity index (χ0v) is 12.3. The highest BCUT2D eigenvalue weighted by molar-refractivity contribution is 7.80. The van der Waals surface area contributed by atoms with Crippen LogP contribution in [-0.2, 0) is 0 Å². The van der Waals surface area contributed by atoms with Gasteiger partial charge in [-0.3, -0.25) is 4.79 Å². The Morgan fingerprint density at radius 1 is 1.11 bits per heavy atom. The van der Waals surface area contributed by atoms with Crippen molar-refractivity contribution in [1.29, 1.82) is 0 Å². The van der Waals surface area contributed by atoms with E-state index >= 15 is 0 Å². The standard InChI is InChI=1S/C16H21NOS/c1-13-5-7-14(8-6-13)15(18)9-10-16(19)17-11-3-2-4-12-17/h5-8H,2-4,9-12H2,1H3. The van der Waals surface area contributed by atoms with E-state index in [9.17, 15) is 4.79 Å². The molecular weight excluding hydrogens is 254 g/mol. The van der Waals surface area contributed by atoms with E-state index in [0.29, 0.717) is 12.8 Å². The number of likely N-dealkylation sites (tertiary alicyclic amines) is 1. The third kappa shape index (κ3) is 4.13. The molecule has 0 aliphatic carbocycles. The van der Waals surface area contributed by atoms with Crippen molar-refractivity contribution >= 4 is 23.0 Å². The van der Waals surface area contributed by atoms with E-state index in [0.717, 1.165) is 23.6 Å². The molecule has 0 N–H and O–H groups in total. The second-order valence-electron chi connectivity index (χ2n) is 5.23. The molecule has 0 saturated carbocycles. The maximum absolute atomic E-state index is 12.1. The number of carbonyl (C=O) groups is 1. The number of hydrogen-bond acceptors (Lipinski definition) is 2. The van der Waals surface area contributed by atoms with Gasteiger partial charge >= 0.3 is 0 Å². The molecule has 3 heteroatoms. The Balaban J connectivity index is 1.82. The van der Waals surface area contributed by atoms with Gasteiger partial charge in [0.25, 0.3) is 0 Å².